The van der Waals surface area contributed by atoms with Crippen LogP contribution in [-0.4, -0.2) is 50.2 Å². The van der Waals surface area contributed by atoms with E-state index in [2.05, 4.69) is 10.2 Å². The average molecular weight is 252 g/mol. The van der Waals surface area contributed by atoms with Crippen LogP contribution in [0.2, 0.25) is 0 Å². The van der Waals surface area contributed by atoms with Crippen molar-refractivity contribution in [1.82, 2.24) is 10.2 Å². The van der Waals surface area contributed by atoms with Crippen LogP contribution < -0.4 is 5.32 Å². The maximum Gasteiger partial charge on any atom is 0.226 e. The number of methoxy groups -OCH3 is 1. The summed E-state index contributed by atoms with van der Waals surface area (Å²) in [6.45, 7) is 3.79. The van der Waals surface area contributed by atoms with Crippen molar-refractivity contribution in [2.75, 3.05) is 33.3 Å². The monoisotopic (exact) mass is 252 g/mol. The molecule has 2 aliphatic heterocycles. The normalized spacial score (nSPS) is 39.9. The quantitative estimate of drug-likeness (QED) is 0.793. The van der Waals surface area contributed by atoms with Gasteiger partial charge in [0, 0.05) is 38.6 Å². The van der Waals surface area contributed by atoms with Gasteiger partial charge in [0.15, 0.2) is 0 Å². The topological polar surface area (TPSA) is 41.6 Å². The van der Waals surface area contributed by atoms with Gasteiger partial charge in [0.2, 0.25) is 5.91 Å². The first-order valence-corrected chi connectivity index (χ1v) is 7.32. The number of piperidine rings is 2. The number of amides is 1. The molecule has 1 aliphatic carbocycles. The third kappa shape index (κ3) is 2.16. The van der Waals surface area contributed by atoms with Gasteiger partial charge < -0.3 is 15.0 Å². The Morgan fingerprint density at radius 2 is 1.94 bits per heavy atom. The van der Waals surface area contributed by atoms with E-state index in [-0.39, 0.29) is 5.92 Å². The van der Waals surface area contributed by atoms with Gasteiger partial charge in [-0.05, 0) is 32.2 Å². The number of hydrogen-bond acceptors (Lipinski definition) is 3. The highest BCUT2D eigenvalue weighted by atomic mass is 16.5. The number of nitrogens with zero attached hydrogens (tertiary/aromatic N) is 1. The summed E-state index contributed by atoms with van der Waals surface area (Å²) in [6, 6.07) is 0. The zero-order valence-corrected chi connectivity index (χ0v) is 11.2. The predicted molar refractivity (Wildman–Crippen MR) is 69.2 cm³/mol. The summed E-state index contributed by atoms with van der Waals surface area (Å²) in [4.78, 5) is 14.6. The molecule has 1 amide bonds. The number of hydrogen-bond donors (Lipinski definition) is 1. The Kier molecular flexibility index (Phi) is 3.57. The van der Waals surface area contributed by atoms with Crippen LogP contribution in [0.1, 0.15) is 25.7 Å². The van der Waals surface area contributed by atoms with Crippen LogP contribution >= 0.6 is 0 Å². The van der Waals surface area contributed by atoms with Crippen LogP contribution in [0.25, 0.3) is 0 Å². The van der Waals surface area contributed by atoms with E-state index in [1.807, 2.05) is 7.11 Å². The molecule has 4 nitrogen and oxygen atoms in total. The molecule has 4 heteroatoms. The molecule has 2 bridgehead atoms. The first-order chi connectivity index (χ1) is 8.79. The van der Waals surface area contributed by atoms with Gasteiger partial charge in [-0.2, -0.15) is 0 Å². The Bertz CT molecular complexity index is 301. The summed E-state index contributed by atoms with van der Waals surface area (Å²) in [5, 5.41) is 3.34. The molecule has 1 unspecified atom stereocenters. The van der Waals surface area contributed by atoms with Crippen LogP contribution in [0.15, 0.2) is 0 Å². The number of carbonyl (C=O) groups is 1. The van der Waals surface area contributed by atoms with E-state index >= 15 is 0 Å². The third-order valence-electron chi connectivity index (χ3n) is 4.98. The fraction of sp³-hybridized carbons (Fsp3) is 0.929. The first kappa shape index (κ1) is 12.4. The van der Waals surface area contributed by atoms with Crippen LogP contribution in [-0.2, 0) is 9.53 Å². The fourth-order valence-electron chi connectivity index (χ4n) is 4.06. The lowest BCUT2D eigenvalue weighted by Crippen LogP contribution is -2.51. The van der Waals surface area contributed by atoms with Crippen molar-refractivity contribution < 1.29 is 9.53 Å². The molecule has 1 N–H and O–H groups in total. The van der Waals surface area contributed by atoms with E-state index < -0.39 is 0 Å². The Morgan fingerprint density at radius 1 is 1.22 bits per heavy atom. The highest BCUT2D eigenvalue weighted by Crippen LogP contribution is 2.39. The van der Waals surface area contributed by atoms with Crippen molar-refractivity contribution in [3.05, 3.63) is 0 Å². The van der Waals surface area contributed by atoms with E-state index in [0.29, 0.717) is 23.8 Å². The molecule has 0 aromatic rings. The second kappa shape index (κ2) is 5.17. The first-order valence-electron chi connectivity index (χ1n) is 7.32. The Hall–Kier alpha value is -0.610. The van der Waals surface area contributed by atoms with E-state index in [1.54, 1.807) is 0 Å². The van der Waals surface area contributed by atoms with Crippen LogP contribution in [0.5, 0.6) is 0 Å². The lowest BCUT2D eigenvalue weighted by Gasteiger charge is -2.39. The second-order valence-corrected chi connectivity index (χ2v) is 6.08. The van der Waals surface area contributed by atoms with Crippen molar-refractivity contribution in [3.8, 4) is 0 Å². The van der Waals surface area contributed by atoms with Gasteiger partial charge in [0.1, 0.15) is 0 Å². The summed E-state index contributed by atoms with van der Waals surface area (Å²) in [6.07, 6.45) is 5.06. The molecular weight excluding hydrogens is 228 g/mol. The summed E-state index contributed by atoms with van der Waals surface area (Å²) < 4.78 is 5.60. The molecule has 3 aliphatic rings. The number of carbonyl (C=O) groups excluding carboxylic acids is 1. The SMILES string of the molecule is COC1[C@@H]2CC[C@H]1CN(C(=O)[C@H]1CCCNC1)C2. The molecule has 0 radical (unpaired) electrons. The van der Waals surface area contributed by atoms with E-state index in [9.17, 15) is 4.79 Å². The number of rotatable bonds is 2. The van der Waals surface area contributed by atoms with Crippen molar-refractivity contribution in [3.63, 3.8) is 0 Å². The number of fused-ring (bicyclic) bond motifs is 2. The van der Waals surface area contributed by atoms with E-state index in [1.165, 1.54) is 12.8 Å². The Labute approximate surface area is 109 Å². The molecule has 0 spiro atoms. The smallest absolute Gasteiger partial charge is 0.226 e. The lowest BCUT2D eigenvalue weighted by atomic mass is 9.92. The highest BCUT2D eigenvalue weighted by Gasteiger charge is 2.44. The number of likely N-dealkylation sites (tertiary alicyclic amines) is 1. The molecular formula is C14H24N2O2. The maximum absolute atomic E-state index is 12.5. The average Bonchev–Trinajstić information content (AvgIpc) is 2.67. The molecule has 18 heavy (non-hydrogen) atoms. The number of nitrogens with one attached hydrogen (secondary N) is 1. The molecule has 0 aromatic heterocycles. The summed E-state index contributed by atoms with van der Waals surface area (Å²) in [5.41, 5.74) is 0. The minimum absolute atomic E-state index is 0.220. The molecule has 102 valence electrons. The molecule has 2 saturated heterocycles. The zero-order valence-electron chi connectivity index (χ0n) is 11.2. The van der Waals surface area contributed by atoms with Crippen LogP contribution in [0, 0.1) is 17.8 Å². The van der Waals surface area contributed by atoms with Gasteiger partial charge in [-0.15, -0.1) is 0 Å². The predicted octanol–water partition coefficient (Wildman–Crippen LogP) is 0.869. The Morgan fingerprint density at radius 3 is 2.50 bits per heavy atom. The van der Waals surface area contributed by atoms with E-state index in [0.717, 1.165) is 39.0 Å². The minimum atomic E-state index is 0.220. The summed E-state index contributed by atoms with van der Waals surface area (Å²) in [5.74, 6) is 1.76. The number of ether oxygens (including phenoxy) is 1. The third-order valence-corrected chi connectivity index (χ3v) is 4.98. The Balaban J connectivity index is 1.62. The van der Waals surface area contributed by atoms with Gasteiger partial charge in [0.25, 0.3) is 0 Å². The van der Waals surface area contributed by atoms with E-state index in [4.69, 9.17) is 4.74 Å². The fourth-order valence-corrected chi connectivity index (χ4v) is 4.06. The molecule has 2 heterocycles. The molecule has 4 atom stereocenters. The highest BCUT2D eigenvalue weighted by molar-refractivity contribution is 5.79. The molecule has 1 saturated carbocycles. The lowest BCUT2D eigenvalue weighted by molar-refractivity contribution is -0.141. The van der Waals surface area contributed by atoms with Crippen molar-refractivity contribution in [2.45, 2.75) is 31.8 Å². The van der Waals surface area contributed by atoms with Crippen LogP contribution in [0.3, 0.4) is 0 Å². The summed E-state index contributed by atoms with van der Waals surface area (Å²) >= 11 is 0. The van der Waals surface area contributed by atoms with Gasteiger partial charge in [-0.1, -0.05) is 0 Å². The minimum Gasteiger partial charge on any atom is -0.381 e. The maximum atomic E-state index is 12.5. The standard InChI is InChI=1S/C14H24N2O2/c1-18-13-11-4-5-12(13)9-16(8-11)14(17)10-3-2-6-15-7-10/h10-13,15H,2-9H2,1H3/t10-,11-,12+,13?/m0/s1. The summed E-state index contributed by atoms with van der Waals surface area (Å²) in [7, 11) is 1.82. The van der Waals surface area contributed by atoms with Gasteiger partial charge in [0.05, 0.1) is 12.0 Å². The molecule has 3 rings (SSSR count). The van der Waals surface area contributed by atoms with Gasteiger partial charge >= 0.3 is 0 Å². The van der Waals surface area contributed by atoms with Crippen molar-refractivity contribution in [1.29, 1.82) is 0 Å². The zero-order chi connectivity index (χ0) is 12.5. The van der Waals surface area contributed by atoms with Crippen molar-refractivity contribution in [2.24, 2.45) is 17.8 Å². The van der Waals surface area contributed by atoms with Gasteiger partial charge in [-0.25, -0.2) is 0 Å². The van der Waals surface area contributed by atoms with Crippen molar-refractivity contribution >= 4 is 5.91 Å². The molecule has 3 fully saturated rings. The largest absolute Gasteiger partial charge is 0.381 e. The van der Waals surface area contributed by atoms with Gasteiger partial charge in [-0.3, -0.25) is 4.79 Å². The molecule has 0 aromatic carbocycles. The second-order valence-electron chi connectivity index (χ2n) is 6.08. The van der Waals surface area contributed by atoms with Crippen LogP contribution in [0.4, 0.5) is 0 Å².